The number of fused-ring (bicyclic) bond motifs is 1. The molecule has 2 aromatic carbocycles. The number of pyridine rings is 1. The molecule has 0 aliphatic heterocycles. The Labute approximate surface area is 154 Å². The number of nitrogens with two attached hydrogens (primary N) is 1. The summed E-state index contributed by atoms with van der Waals surface area (Å²) < 4.78 is 0. The molecule has 0 aliphatic rings. The minimum absolute atomic E-state index is 0.183. The van der Waals surface area contributed by atoms with E-state index < -0.39 is 5.91 Å². The molecule has 0 aliphatic carbocycles. The quantitative estimate of drug-likeness (QED) is 0.521. The number of carbonyl (C=O) groups is 2. The van der Waals surface area contributed by atoms with E-state index in [1.54, 1.807) is 12.1 Å². The molecule has 27 heavy (non-hydrogen) atoms. The molecule has 2 aromatic heterocycles. The molecule has 0 unspecified atom stereocenters. The number of anilines is 1. The number of amides is 2. The van der Waals surface area contributed by atoms with Crippen molar-refractivity contribution in [2.75, 3.05) is 5.32 Å². The molecule has 0 saturated carbocycles. The molecule has 7 nitrogen and oxygen atoms in total. The van der Waals surface area contributed by atoms with E-state index in [0.29, 0.717) is 5.69 Å². The lowest BCUT2D eigenvalue weighted by Crippen LogP contribution is -2.16. The average Bonchev–Trinajstić information content (AvgIpc) is 3.13. The topological polar surface area (TPSA) is 114 Å². The molecule has 132 valence electrons. The summed E-state index contributed by atoms with van der Waals surface area (Å²) in [6, 6.07) is 16.5. The van der Waals surface area contributed by atoms with Crippen LogP contribution in [0.25, 0.3) is 22.4 Å². The van der Waals surface area contributed by atoms with Gasteiger partial charge in [-0.1, -0.05) is 12.1 Å². The number of aromatic nitrogens is 3. The number of carbonyl (C=O) groups excluding carboxylic acids is 2. The lowest BCUT2D eigenvalue weighted by Gasteiger charge is -2.06. The lowest BCUT2D eigenvalue weighted by molar-refractivity contribution is 0.1000. The van der Waals surface area contributed by atoms with E-state index in [2.05, 4.69) is 20.3 Å². The van der Waals surface area contributed by atoms with Gasteiger partial charge < -0.3 is 16.0 Å². The number of nitrogens with one attached hydrogen (secondary N) is 2. The van der Waals surface area contributed by atoms with Gasteiger partial charge in [0.2, 0.25) is 5.91 Å². The van der Waals surface area contributed by atoms with E-state index >= 15 is 0 Å². The van der Waals surface area contributed by atoms with Gasteiger partial charge in [0, 0.05) is 23.6 Å². The van der Waals surface area contributed by atoms with E-state index in [4.69, 9.17) is 5.73 Å². The predicted molar refractivity (Wildman–Crippen MR) is 102 cm³/mol. The monoisotopic (exact) mass is 357 g/mol. The number of imidazole rings is 1. The maximum Gasteiger partial charge on any atom is 0.257 e. The van der Waals surface area contributed by atoms with E-state index in [0.717, 1.165) is 22.4 Å². The predicted octanol–water partition coefficient (Wildman–Crippen LogP) is 2.98. The minimum atomic E-state index is -0.632. The fourth-order valence-electron chi connectivity index (χ4n) is 2.70. The average molecular weight is 357 g/mol. The molecule has 0 radical (unpaired) electrons. The largest absolute Gasteiger partial charge is 0.366 e. The number of benzene rings is 2. The van der Waals surface area contributed by atoms with Crippen molar-refractivity contribution in [2.45, 2.75) is 0 Å². The summed E-state index contributed by atoms with van der Waals surface area (Å²) in [4.78, 5) is 35.2. The van der Waals surface area contributed by atoms with Gasteiger partial charge in [0.1, 0.15) is 5.82 Å². The van der Waals surface area contributed by atoms with Crippen molar-refractivity contribution in [1.82, 2.24) is 15.0 Å². The summed E-state index contributed by atoms with van der Waals surface area (Å²) >= 11 is 0. The Morgan fingerprint density at radius 3 is 2.44 bits per heavy atom. The van der Waals surface area contributed by atoms with Crippen LogP contribution in [-0.2, 0) is 0 Å². The summed E-state index contributed by atoms with van der Waals surface area (Å²) in [5.74, 6) is -0.248. The number of para-hydroxylation sites is 2. The summed E-state index contributed by atoms with van der Waals surface area (Å²) in [5.41, 5.74) is 9.04. The lowest BCUT2D eigenvalue weighted by atomic mass is 10.1. The van der Waals surface area contributed by atoms with Gasteiger partial charge in [0.25, 0.3) is 5.91 Å². The molecule has 4 N–H and O–H groups in total. The Hall–Kier alpha value is -4.00. The standard InChI is InChI=1S/C20H15N5O2/c21-18(26)13-9-14(11-22-10-13)20(27)23-15-7-5-12(6-8-15)19-24-16-3-1-2-4-17(16)25-19/h1-11H,(H2,21,26)(H,23,27)(H,24,25). The van der Waals surface area contributed by atoms with Crippen LogP contribution in [0.5, 0.6) is 0 Å². The molecular weight excluding hydrogens is 342 g/mol. The molecule has 7 heteroatoms. The van der Waals surface area contributed by atoms with Crippen LogP contribution in [-0.4, -0.2) is 26.8 Å². The maximum absolute atomic E-state index is 12.3. The molecule has 0 spiro atoms. The Balaban J connectivity index is 1.53. The van der Waals surface area contributed by atoms with Crippen LogP contribution in [0.4, 0.5) is 5.69 Å². The van der Waals surface area contributed by atoms with E-state index in [9.17, 15) is 9.59 Å². The molecule has 2 heterocycles. The van der Waals surface area contributed by atoms with E-state index in [1.165, 1.54) is 18.5 Å². The van der Waals surface area contributed by atoms with Gasteiger partial charge in [-0.15, -0.1) is 0 Å². The SMILES string of the molecule is NC(=O)c1cncc(C(=O)Nc2ccc(-c3nc4ccccc4[nH]3)cc2)c1. The van der Waals surface area contributed by atoms with Gasteiger partial charge in [-0.2, -0.15) is 0 Å². The first-order chi connectivity index (χ1) is 13.1. The van der Waals surface area contributed by atoms with Gasteiger partial charge in [0.15, 0.2) is 0 Å². The van der Waals surface area contributed by atoms with Gasteiger partial charge in [-0.3, -0.25) is 14.6 Å². The van der Waals surface area contributed by atoms with Crippen LogP contribution in [0.15, 0.2) is 67.0 Å². The summed E-state index contributed by atoms with van der Waals surface area (Å²) in [6.07, 6.45) is 2.70. The zero-order valence-corrected chi connectivity index (χ0v) is 14.1. The molecule has 2 amide bonds. The van der Waals surface area contributed by atoms with Gasteiger partial charge in [-0.05, 0) is 42.5 Å². The molecule has 0 bridgehead atoms. The van der Waals surface area contributed by atoms with E-state index in [-0.39, 0.29) is 17.0 Å². The van der Waals surface area contributed by atoms with Crippen molar-refractivity contribution in [3.8, 4) is 11.4 Å². The third kappa shape index (κ3) is 3.38. The van der Waals surface area contributed by atoms with Gasteiger partial charge in [-0.25, -0.2) is 4.98 Å². The molecule has 0 saturated heterocycles. The Kier molecular flexibility index (Phi) is 4.10. The Morgan fingerprint density at radius 2 is 1.70 bits per heavy atom. The first kappa shape index (κ1) is 16.5. The van der Waals surface area contributed by atoms with Crippen LogP contribution < -0.4 is 11.1 Å². The minimum Gasteiger partial charge on any atom is -0.366 e. The van der Waals surface area contributed by atoms with Crippen molar-refractivity contribution in [1.29, 1.82) is 0 Å². The fraction of sp³-hybridized carbons (Fsp3) is 0. The zero-order valence-electron chi connectivity index (χ0n) is 14.1. The van der Waals surface area contributed by atoms with Gasteiger partial charge >= 0.3 is 0 Å². The van der Waals surface area contributed by atoms with Crippen molar-refractivity contribution in [3.63, 3.8) is 0 Å². The van der Waals surface area contributed by atoms with Crippen LogP contribution >= 0.6 is 0 Å². The van der Waals surface area contributed by atoms with Crippen LogP contribution in [0.3, 0.4) is 0 Å². The zero-order chi connectivity index (χ0) is 18.8. The second kappa shape index (κ2) is 6.72. The van der Waals surface area contributed by atoms with Crippen molar-refractivity contribution in [2.24, 2.45) is 5.73 Å². The first-order valence-corrected chi connectivity index (χ1v) is 8.21. The van der Waals surface area contributed by atoms with Crippen LogP contribution in [0, 0.1) is 0 Å². The highest BCUT2D eigenvalue weighted by molar-refractivity contribution is 6.05. The third-order valence-corrected chi connectivity index (χ3v) is 4.09. The summed E-state index contributed by atoms with van der Waals surface area (Å²) in [7, 11) is 0. The number of hydrogen-bond acceptors (Lipinski definition) is 4. The smallest absolute Gasteiger partial charge is 0.257 e. The first-order valence-electron chi connectivity index (χ1n) is 8.21. The number of nitrogens with zero attached hydrogens (tertiary/aromatic N) is 2. The molecule has 0 fully saturated rings. The highest BCUT2D eigenvalue weighted by Crippen LogP contribution is 2.22. The Bertz CT molecular complexity index is 1120. The number of hydrogen-bond donors (Lipinski definition) is 3. The highest BCUT2D eigenvalue weighted by atomic mass is 16.2. The maximum atomic E-state index is 12.3. The molecular formula is C20H15N5O2. The normalized spacial score (nSPS) is 10.7. The molecule has 0 atom stereocenters. The molecule has 4 aromatic rings. The summed E-state index contributed by atoms with van der Waals surface area (Å²) in [6.45, 7) is 0. The van der Waals surface area contributed by atoms with E-state index in [1.807, 2.05) is 36.4 Å². The Morgan fingerprint density at radius 1 is 0.963 bits per heavy atom. The second-order valence-electron chi connectivity index (χ2n) is 5.96. The van der Waals surface area contributed by atoms with Gasteiger partial charge in [0.05, 0.1) is 22.2 Å². The number of H-pyrrole nitrogens is 1. The van der Waals surface area contributed by atoms with Crippen molar-refractivity contribution >= 4 is 28.5 Å². The highest BCUT2D eigenvalue weighted by Gasteiger charge is 2.10. The fourth-order valence-corrected chi connectivity index (χ4v) is 2.70. The second-order valence-corrected chi connectivity index (χ2v) is 5.96. The van der Waals surface area contributed by atoms with Crippen molar-refractivity contribution in [3.05, 3.63) is 78.1 Å². The van der Waals surface area contributed by atoms with Crippen LogP contribution in [0.1, 0.15) is 20.7 Å². The molecule has 4 rings (SSSR count). The number of primary amides is 1. The van der Waals surface area contributed by atoms with Crippen LogP contribution in [0.2, 0.25) is 0 Å². The summed E-state index contributed by atoms with van der Waals surface area (Å²) in [5, 5.41) is 2.77. The van der Waals surface area contributed by atoms with Crippen molar-refractivity contribution < 1.29 is 9.59 Å². The third-order valence-electron chi connectivity index (χ3n) is 4.09. The number of aromatic amines is 1. The number of rotatable bonds is 4.